The Morgan fingerprint density at radius 1 is 1.62 bits per heavy atom. The van der Waals surface area contributed by atoms with Gasteiger partial charge in [-0.25, -0.2) is 0 Å². The topological polar surface area (TPSA) is 17.1 Å². The van der Waals surface area contributed by atoms with E-state index in [1.807, 2.05) is 11.8 Å². The standard InChI is InChI=1S/C11H18OS/c1-3-8-7-9(8)10(12)11(2)5-4-6-13-11/h8-9H,3-7H2,1-2H3/t8-,9-,11?/m1/s1. The van der Waals surface area contributed by atoms with E-state index in [1.54, 1.807) is 0 Å². The van der Waals surface area contributed by atoms with Crippen LogP contribution in [0.25, 0.3) is 0 Å². The molecule has 3 atom stereocenters. The number of carbonyl (C=O) groups excluding carboxylic acids is 1. The first-order valence-corrected chi connectivity index (χ1v) is 6.34. The Balaban J connectivity index is 1.97. The van der Waals surface area contributed by atoms with Gasteiger partial charge < -0.3 is 0 Å². The van der Waals surface area contributed by atoms with Crippen molar-refractivity contribution in [3.8, 4) is 0 Å². The Labute approximate surface area is 84.7 Å². The van der Waals surface area contributed by atoms with Gasteiger partial charge in [0.2, 0.25) is 0 Å². The van der Waals surface area contributed by atoms with Crippen LogP contribution in [-0.2, 0) is 4.79 Å². The van der Waals surface area contributed by atoms with Gasteiger partial charge in [-0.05, 0) is 37.9 Å². The summed E-state index contributed by atoms with van der Waals surface area (Å²) in [6.45, 7) is 4.35. The molecule has 1 aliphatic carbocycles. The van der Waals surface area contributed by atoms with E-state index in [4.69, 9.17) is 0 Å². The quantitative estimate of drug-likeness (QED) is 0.693. The second-order valence-corrected chi connectivity index (χ2v) is 6.16. The predicted molar refractivity (Wildman–Crippen MR) is 57.0 cm³/mol. The van der Waals surface area contributed by atoms with Gasteiger partial charge in [0.15, 0.2) is 5.78 Å². The molecule has 0 radical (unpaired) electrons. The maximum atomic E-state index is 12.1. The van der Waals surface area contributed by atoms with E-state index < -0.39 is 0 Å². The number of rotatable bonds is 3. The Kier molecular flexibility index (Phi) is 2.43. The van der Waals surface area contributed by atoms with Crippen LogP contribution in [0.15, 0.2) is 0 Å². The van der Waals surface area contributed by atoms with Crippen molar-refractivity contribution in [3.05, 3.63) is 0 Å². The molecule has 13 heavy (non-hydrogen) atoms. The molecule has 0 N–H and O–H groups in total. The maximum Gasteiger partial charge on any atom is 0.151 e. The van der Waals surface area contributed by atoms with E-state index >= 15 is 0 Å². The second-order valence-electron chi connectivity index (χ2n) is 4.56. The zero-order chi connectivity index (χ0) is 9.47. The fourth-order valence-electron chi connectivity index (χ4n) is 2.39. The van der Waals surface area contributed by atoms with Gasteiger partial charge in [-0.1, -0.05) is 13.3 Å². The van der Waals surface area contributed by atoms with Crippen LogP contribution in [0.5, 0.6) is 0 Å². The lowest BCUT2D eigenvalue weighted by Crippen LogP contribution is -2.30. The van der Waals surface area contributed by atoms with Gasteiger partial charge in [-0.15, -0.1) is 11.8 Å². The monoisotopic (exact) mass is 198 g/mol. The van der Waals surface area contributed by atoms with Gasteiger partial charge in [0, 0.05) is 5.92 Å². The molecule has 0 aromatic carbocycles. The molecule has 0 spiro atoms. The molecule has 1 heterocycles. The molecule has 0 bridgehead atoms. The molecule has 0 amide bonds. The van der Waals surface area contributed by atoms with Crippen molar-refractivity contribution in [1.82, 2.24) is 0 Å². The number of carbonyl (C=O) groups is 1. The van der Waals surface area contributed by atoms with E-state index in [1.165, 1.54) is 25.0 Å². The molecule has 1 nitrogen and oxygen atoms in total. The van der Waals surface area contributed by atoms with Crippen molar-refractivity contribution < 1.29 is 4.79 Å². The third-order valence-electron chi connectivity index (χ3n) is 3.52. The Morgan fingerprint density at radius 3 is 2.85 bits per heavy atom. The fourth-order valence-corrected chi connectivity index (χ4v) is 3.71. The predicted octanol–water partition coefficient (Wildman–Crippen LogP) is 2.89. The van der Waals surface area contributed by atoms with Crippen LogP contribution in [0.2, 0.25) is 0 Å². The first-order valence-electron chi connectivity index (χ1n) is 5.35. The molecule has 2 heteroatoms. The Hall–Kier alpha value is 0.0200. The molecule has 1 aliphatic heterocycles. The molecule has 2 aliphatic rings. The van der Waals surface area contributed by atoms with Crippen LogP contribution in [0.1, 0.15) is 39.5 Å². The second kappa shape index (κ2) is 3.30. The first-order chi connectivity index (χ1) is 6.17. The van der Waals surface area contributed by atoms with E-state index in [0.717, 1.165) is 12.3 Å². The third-order valence-corrected chi connectivity index (χ3v) is 5.06. The maximum absolute atomic E-state index is 12.1. The van der Waals surface area contributed by atoms with Gasteiger partial charge in [-0.3, -0.25) is 4.79 Å². The highest BCUT2D eigenvalue weighted by atomic mass is 32.2. The van der Waals surface area contributed by atoms with Crippen molar-refractivity contribution in [2.45, 2.75) is 44.3 Å². The lowest BCUT2D eigenvalue weighted by atomic mass is 9.96. The number of hydrogen-bond acceptors (Lipinski definition) is 2. The smallest absolute Gasteiger partial charge is 0.151 e. The Bertz CT molecular complexity index is 218. The first kappa shape index (κ1) is 9.57. The van der Waals surface area contributed by atoms with Crippen LogP contribution in [-0.4, -0.2) is 16.3 Å². The summed E-state index contributed by atoms with van der Waals surface area (Å²) >= 11 is 1.88. The van der Waals surface area contributed by atoms with E-state index in [2.05, 4.69) is 13.8 Å². The zero-order valence-electron chi connectivity index (χ0n) is 8.51. The van der Waals surface area contributed by atoms with Crippen LogP contribution in [0, 0.1) is 11.8 Å². The summed E-state index contributed by atoms with van der Waals surface area (Å²) < 4.78 is -0.00537. The molecular weight excluding hydrogens is 180 g/mol. The van der Waals surface area contributed by atoms with Crippen LogP contribution in [0.4, 0.5) is 0 Å². The van der Waals surface area contributed by atoms with Crippen LogP contribution >= 0.6 is 11.8 Å². The highest BCUT2D eigenvalue weighted by Crippen LogP contribution is 2.49. The molecule has 2 fully saturated rings. The van der Waals surface area contributed by atoms with Gasteiger partial charge >= 0.3 is 0 Å². The SMILES string of the molecule is CC[C@@H]1C[C@H]1C(=O)C1(C)CCCS1. The Morgan fingerprint density at radius 2 is 2.38 bits per heavy atom. The van der Waals surface area contributed by atoms with Gasteiger partial charge in [0.05, 0.1) is 4.75 Å². The molecule has 1 saturated carbocycles. The van der Waals surface area contributed by atoms with Crippen molar-refractivity contribution >= 4 is 17.5 Å². The lowest BCUT2D eigenvalue weighted by molar-refractivity contribution is -0.122. The number of Topliss-reactive ketones (excluding diaryl/α,β-unsaturated/α-hetero) is 1. The average molecular weight is 198 g/mol. The molecule has 74 valence electrons. The number of hydrogen-bond donors (Lipinski definition) is 0. The minimum absolute atomic E-state index is 0.00537. The normalized spacial score (nSPS) is 43.5. The van der Waals surface area contributed by atoms with Gasteiger partial charge in [0.1, 0.15) is 0 Å². The highest BCUT2D eigenvalue weighted by molar-refractivity contribution is 8.01. The van der Waals surface area contributed by atoms with Crippen molar-refractivity contribution in [2.75, 3.05) is 5.75 Å². The minimum atomic E-state index is -0.00537. The summed E-state index contributed by atoms with van der Waals surface area (Å²) in [6.07, 6.45) is 4.71. The summed E-state index contributed by atoms with van der Waals surface area (Å²) in [5.41, 5.74) is 0. The molecule has 1 saturated heterocycles. The van der Waals surface area contributed by atoms with E-state index in [9.17, 15) is 4.79 Å². The van der Waals surface area contributed by atoms with Crippen LogP contribution < -0.4 is 0 Å². The van der Waals surface area contributed by atoms with Gasteiger partial charge in [0.25, 0.3) is 0 Å². The summed E-state index contributed by atoms with van der Waals surface area (Å²) in [4.78, 5) is 12.1. The number of thioether (sulfide) groups is 1. The highest BCUT2D eigenvalue weighted by Gasteiger charge is 2.49. The lowest BCUT2D eigenvalue weighted by Gasteiger charge is -2.20. The summed E-state index contributed by atoms with van der Waals surface area (Å²) in [6, 6.07) is 0. The average Bonchev–Trinajstić information content (AvgIpc) is 2.80. The minimum Gasteiger partial charge on any atom is -0.298 e. The molecule has 1 unspecified atom stereocenters. The third kappa shape index (κ3) is 1.65. The summed E-state index contributed by atoms with van der Waals surface area (Å²) in [5.74, 6) is 2.90. The number of ketones is 1. The van der Waals surface area contributed by atoms with Crippen molar-refractivity contribution in [2.24, 2.45) is 11.8 Å². The van der Waals surface area contributed by atoms with E-state index in [-0.39, 0.29) is 4.75 Å². The summed E-state index contributed by atoms with van der Waals surface area (Å²) in [7, 11) is 0. The summed E-state index contributed by atoms with van der Waals surface area (Å²) in [5, 5.41) is 0. The molecular formula is C11H18OS. The van der Waals surface area contributed by atoms with Crippen molar-refractivity contribution in [3.63, 3.8) is 0 Å². The molecule has 0 aromatic rings. The van der Waals surface area contributed by atoms with Crippen molar-refractivity contribution in [1.29, 1.82) is 0 Å². The largest absolute Gasteiger partial charge is 0.298 e. The molecule has 2 rings (SSSR count). The fraction of sp³-hybridized carbons (Fsp3) is 0.909. The van der Waals surface area contributed by atoms with Gasteiger partial charge in [-0.2, -0.15) is 0 Å². The molecule has 0 aromatic heterocycles. The van der Waals surface area contributed by atoms with Crippen LogP contribution in [0.3, 0.4) is 0 Å². The van der Waals surface area contributed by atoms with E-state index in [0.29, 0.717) is 11.7 Å². The zero-order valence-corrected chi connectivity index (χ0v) is 9.32.